The topological polar surface area (TPSA) is 43.1 Å². The van der Waals surface area contributed by atoms with Gasteiger partial charge in [-0.15, -0.1) is 34.9 Å². The molecule has 0 fully saturated rings. The molecule has 2 aliphatic carbocycles. The molecule has 1 spiro atoms. The molecule has 0 amide bonds. The molecule has 0 unspecified atom stereocenters. The van der Waals surface area contributed by atoms with E-state index in [0.29, 0.717) is 0 Å². The first-order chi connectivity index (χ1) is 18.1. The molecule has 178 valence electrons. The highest BCUT2D eigenvalue weighted by molar-refractivity contribution is 8.25. The van der Waals surface area contributed by atoms with Crippen LogP contribution in [0.3, 0.4) is 0 Å². The summed E-state index contributed by atoms with van der Waals surface area (Å²) in [5.74, 6) is 0. The van der Waals surface area contributed by atoms with Gasteiger partial charge in [-0.05, 0) is 97.1 Å². The molecule has 4 aromatic rings. The Kier molecular flexibility index (Phi) is 5.36. The van der Waals surface area contributed by atoms with E-state index in [-0.39, 0.29) is 14.7 Å². The minimum Gasteiger partial charge on any atom is -0.258 e. The Morgan fingerprint density at radius 1 is 0.676 bits per heavy atom. The van der Waals surface area contributed by atoms with Crippen molar-refractivity contribution in [3.05, 3.63) is 142 Å². The molecule has 0 atom stereocenters. The quantitative estimate of drug-likeness (QED) is 0.198. The van der Waals surface area contributed by atoms with Crippen LogP contribution in [0, 0.1) is 10.1 Å². The van der Waals surface area contributed by atoms with Gasteiger partial charge in [-0.2, -0.15) is 0 Å². The van der Waals surface area contributed by atoms with Crippen LogP contribution in [-0.2, 0) is 0 Å². The van der Waals surface area contributed by atoms with Crippen molar-refractivity contribution in [3.63, 3.8) is 0 Å². The van der Waals surface area contributed by atoms with Gasteiger partial charge in [0.25, 0.3) is 5.69 Å². The molecule has 6 heteroatoms. The molecule has 3 nitrogen and oxygen atoms in total. The molecule has 0 radical (unpaired) electrons. The number of benzene rings is 3. The van der Waals surface area contributed by atoms with Gasteiger partial charge < -0.3 is 0 Å². The molecule has 7 rings (SSSR count). The smallest absolute Gasteiger partial charge is 0.258 e. The van der Waals surface area contributed by atoms with Gasteiger partial charge in [0.2, 0.25) is 0 Å². The Bertz CT molecular complexity index is 1800. The summed E-state index contributed by atoms with van der Waals surface area (Å²) in [5, 5.41) is 18.0. The fraction of sp³-hybridized carbons (Fsp3) is 0.0323. The lowest BCUT2D eigenvalue weighted by molar-refractivity contribution is -0.384. The number of nitrogens with zero attached hydrogens (tertiary/aromatic N) is 1. The van der Waals surface area contributed by atoms with Crippen LogP contribution in [-0.4, -0.2) is 9.00 Å². The average molecular weight is 534 g/mol. The minimum atomic E-state index is -0.380. The van der Waals surface area contributed by atoms with E-state index < -0.39 is 0 Å². The number of thiophene rings is 1. The zero-order valence-corrected chi connectivity index (χ0v) is 21.9. The standard InChI is InChI=1S/C31H19NO2S3/c33-32(34)22-10-5-20(6-11-22)7-12-23-14-15-24(37-23)13-8-21-9-16-27-28(19-21)30-26-4-2-1-3-25(26)29(27)31(30)35-17-18-36-31/h1-19H/b12-7+,13-8+. The van der Waals surface area contributed by atoms with Gasteiger partial charge in [-0.3, -0.25) is 10.1 Å². The maximum absolute atomic E-state index is 10.8. The summed E-state index contributed by atoms with van der Waals surface area (Å²) in [6.45, 7) is 0. The summed E-state index contributed by atoms with van der Waals surface area (Å²) in [5.41, 5.74) is 7.89. The van der Waals surface area contributed by atoms with Crippen molar-refractivity contribution in [3.8, 4) is 0 Å². The Hall–Kier alpha value is -3.58. The highest BCUT2D eigenvalue weighted by atomic mass is 32.2. The van der Waals surface area contributed by atoms with Gasteiger partial charge in [0.05, 0.1) is 4.92 Å². The number of hydrogen-bond acceptors (Lipinski definition) is 5. The number of fused-ring (bicyclic) bond motifs is 4. The highest BCUT2D eigenvalue weighted by Crippen LogP contribution is 2.64. The third kappa shape index (κ3) is 3.67. The van der Waals surface area contributed by atoms with E-state index >= 15 is 0 Å². The lowest BCUT2D eigenvalue weighted by atomic mass is 9.98. The second-order valence-electron chi connectivity index (χ2n) is 8.98. The molecular formula is C31H19NO2S3. The van der Waals surface area contributed by atoms with Crippen LogP contribution >= 0.6 is 34.9 Å². The van der Waals surface area contributed by atoms with Crippen LogP contribution in [0.1, 0.15) is 32.0 Å². The first-order valence-electron chi connectivity index (χ1n) is 11.8. The van der Waals surface area contributed by atoms with Crippen molar-refractivity contribution in [2.45, 2.75) is 4.08 Å². The molecule has 1 aliphatic heterocycles. The molecule has 0 saturated carbocycles. The first-order valence-corrected chi connectivity index (χ1v) is 14.4. The number of hydrogen-bond donors (Lipinski definition) is 0. The maximum atomic E-state index is 10.8. The zero-order chi connectivity index (χ0) is 25.0. The first kappa shape index (κ1) is 22.6. The minimum absolute atomic E-state index is 0.0347. The monoisotopic (exact) mass is 533 g/mol. The fourth-order valence-corrected chi connectivity index (χ4v) is 8.81. The van der Waals surface area contributed by atoms with Crippen LogP contribution < -0.4 is 10.4 Å². The van der Waals surface area contributed by atoms with E-state index in [1.165, 1.54) is 55.3 Å². The zero-order valence-electron chi connectivity index (χ0n) is 19.5. The Balaban J connectivity index is 1.16. The molecule has 37 heavy (non-hydrogen) atoms. The Morgan fingerprint density at radius 3 is 1.92 bits per heavy atom. The third-order valence-corrected chi connectivity index (χ3v) is 10.7. The van der Waals surface area contributed by atoms with E-state index in [0.717, 1.165) is 10.4 Å². The number of nitro groups is 1. The summed E-state index contributed by atoms with van der Waals surface area (Å²) in [7, 11) is 0. The second-order valence-corrected chi connectivity index (χ2v) is 12.6. The fourth-order valence-electron chi connectivity index (χ4n) is 5.26. The van der Waals surface area contributed by atoms with Crippen molar-refractivity contribution >= 4 is 76.0 Å². The van der Waals surface area contributed by atoms with Gasteiger partial charge in [-0.1, -0.05) is 48.6 Å². The average Bonchev–Trinajstić information content (AvgIpc) is 3.70. The van der Waals surface area contributed by atoms with Crippen molar-refractivity contribution in [2.75, 3.05) is 0 Å². The van der Waals surface area contributed by atoms with Gasteiger partial charge in [0.1, 0.15) is 4.08 Å². The van der Waals surface area contributed by atoms with E-state index in [1.54, 1.807) is 23.5 Å². The van der Waals surface area contributed by atoms with E-state index in [2.05, 4.69) is 77.6 Å². The number of thioether (sulfide) groups is 2. The van der Waals surface area contributed by atoms with Crippen LogP contribution in [0.5, 0.6) is 0 Å². The summed E-state index contributed by atoms with van der Waals surface area (Å²) in [4.78, 5) is 12.8. The lowest BCUT2D eigenvalue weighted by Crippen LogP contribution is -2.27. The molecule has 3 aliphatic rings. The number of rotatable bonds is 5. The van der Waals surface area contributed by atoms with Gasteiger partial charge >= 0.3 is 0 Å². The summed E-state index contributed by atoms with van der Waals surface area (Å²) < 4.78 is -0.0347. The van der Waals surface area contributed by atoms with Crippen LogP contribution in [0.4, 0.5) is 5.69 Å². The summed E-state index contributed by atoms with van der Waals surface area (Å²) in [6.07, 6.45) is 8.39. The normalized spacial score (nSPS) is 16.4. The van der Waals surface area contributed by atoms with Gasteiger partial charge in [-0.25, -0.2) is 0 Å². The van der Waals surface area contributed by atoms with Crippen molar-refractivity contribution < 1.29 is 4.92 Å². The van der Waals surface area contributed by atoms with Gasteiger partial charge in [0, 0.05) is 21.9 Å². The Labute approximate surface area is 226 Å². The maximum Gasteiger partial charge on any atom is 0.269 e. The van der Waals surface area contributed by atoms with Crippen molar-refractivity contribution in [2.24, 2.45) is 0 Å². The molecular weight excluding hydrogens is 515 g/mol. The molecule has 1 aromatic heterocycles. The summed E-state index contributed by atoms with van der Waals surface area (Å²) in [6, 6.07) is 26.5. The largest absolute Gasteiger partial charge is 0.269 e. The van der Waals surface area contributed by atoms with Crippen LogP contribution in [0.15, 0.2) is 89.7 Å². The van der Waals surface area contributed by atoms with E-state index in [1.807, 2.05) is 35.7 Å². The predicted molar refractivity (Wildman–Crippen MR) is 159 cm³/mol. The van der Waals surface area contributed by atoms with Crippen molar-refractivity contribution in [1.82, 2.24) is 0 Å². The second kappa shape index (κ2) is 8.77. The third-order valence-electron chi connectivity index (χ3n) is 6.86. The molecule has 2 bridgehead atoms. The van der Waals surface area contributed by atoms with Gasteiger partial charge in [0.15, 0.2) is 0 Å². The highest BCUT2D eigenvalue weighted by Gasteiger charge is 2.51. The van der Waals surface area contributed by atoms with Crippen LogP contribution in [0.25, 0.3) is 35.5 Å². The molecule has 2 heterocycles. The molecule has 3 aromatic carbocycles. The molecule has 0 saturated heterocycles. The van der Waals surface area contributed by atoms with E-state index in [9.17, 15) is 10.1 Å². The summed E-state index contributed by atoms with van der Waals surface area (Å²) >= 11 is 5.56. The number of non-ortho nitro benzene ring substituents is 1. The Morgan fingerprint density at radius 2 is 1.27 bits per heavy atom. The van der Waals surface area contributed by atoms with E-state index in [4.69, 9.17) is 0 Å². The van der Waals surface area contributed by atoms with Crippen LogP contribution in [0.2, 0.25) is 0 Å². The SMILES string of the molecule is O=[N+]([O-])c1ccc(/C=C/c2ccc(/C=C/c3ccc4c(c3)=C3c5ccccc5C=4C34SC=CS4)s2)cc1. The van der Waals surface area contributed by atoms with Crippen molar-refractivity contribution in [1.29, 1.82) is 0 Å². The number of nitro benzene ring substituents is 1. The molecule has 0 N–H and O–H groups in total. The predicted octanol–water partition coefficient (Wildman–Crippen LogP) is 7.37. The lowest BCUT2D eigenvalue weighted by Gasteiger charge is -2.22.